The fourth-order valence-electron chi connectivity index (χ4n) is 4.72. The van der Waals surface area contributed by atoms with Crippen molar-refractivity contribution in [1.29, 1.82) is 0 Å². The van der Waals surface area contributed by atoms with Gasteiger partial charge in [0.15, 0.2) is 5.84 Å². The third-order valence-corrected chi connectivity index (χ3v) is 6.87. The van der Waals surface area contributed by atoms with E-state index < -0.39 is 0 Å². The van der Waals surface area contributed by atoms with Gasteiger partial charge in [0.25, 0.3) is 0 Å². The zero-order valence-corrected chi connectivity index (χ0v) is 22.5. The molecule has 0 saturated carbocycles. The minimum absolute atomic E-state index is 0.537. The third kappa shape index (κ3) is 7.49. The van der Waals surface area contributed by atoms with Gasteiger partial charge in [-0.2, -0.15) is 0 Å². The molecule has 1 aliphatic rings. The number of amidine groups is 1. The molecule has 2 N–H and O–H groups in total. The molecule has 0 spiro atoms. The summed E-state index contributed by atoms with van der Waals surface area (Å²) in [5.41, 5.74) is 4.97. The molecule has 0 radical (unpaired) electrons. The van der Waals surface area contributed by atoms with Gasteiger partial charge in [0.05, 0.1) is 5.70 Å². The van der Waals surface area contributed by atoms with Crippen LogP contribution in [0, 0.1) is 6.92 Å². The Morgan fingerprint density at radius 3 is 2.38 bits per heavy atom. The van der Waals surface area contributed by atoms with Gasteiger partial charge in [0.2, 0.25) is 0 Å². The summed E-state index contributed by atoms with van der Waals surface area (Å²) in [5, 5.41) is 6.65. The lowest BCUT2D eigenvalue weighted by molar-refractivity contribution is 0.0576. The second-order valence-electron chi connectivity index (χ2n) is 9.39. The van der Waals surface area contributed by atoms with Crippen molar-refractivity contribution in [2.45, 2.75) is 78.8 Å². The minimum Gasteiger partial charge on any atom is -0.386 e. The number of nitrogens with one attached hydrogen (secondary N) is 2. The number of aliphatic imine (C=N–C) groups is 1. The van der Waals surface area contributed by atoms with Gasteiger partial charge < -0.3 is 15.5 Å². The first-order valence-corrected chi connectivity index (χ1v) is 13.0. The number of anilines is 1. The molecule has 1 saturated heterocycles. The van der Waals surface area contributed by atoms with Crippen molar-refractivity contribution >= 4 is 11.5 Å². The minimum atomic E-state index is 0.537. The Balaban J connectivity index is 2.19. The van der Waals surface area contributed by atoms with Crippen molar-refractivity contribution in [3.63, 3.8) is 0 Å². The predicted molar refractivity (Wildman–Crippen MR) is 149 cm³/mol. The van der Waals surface area contributed by atoms with E-state index in [-0.39, 0.29) is 0 Å². The molecule has 2 rings (SSSR count). The second-order valence-corrected chi connectivity index (χ2v) is 9.39. The van der Waals surface area contributed by atoms with E-state index in [9.17, 15) is 0 Å². The highest BCUT2D eigenvalue weighted by atomic mass is 15.3. The van der Waals surface area contributed by atoms with Crippen LogP contribution >= 0.6 is 0 Å². The molecule has 0 amide bonds. The van der Waals surface area contributed by atoms with Crippen LogP contribution in [-0.4, -0.2) is 54.4 Å². The molecule has 1 unspecified atom stereocenters. The smallest absolute Gasteiger partial charge is 0.151 e. The first kappa shape index (κ1) is 27.7. The summed E-state index contributed by atoms with van der Waals surface area (Å²) >= 11 is 0. The number of hydrogen-bond donors (Lipinski definition) is 2. The van der Waals surface area contributed by atoms with E-state index in [2.05, 4.69) is 73.4 Å². The molecule has 1 heterocycles. The lowest BCUT2D eigenvalue weighted by Gasteiger charge is -2.46. The SMILES string of the molecule is C=C(NC)C(=N/C=C(\C)C(=C)Nc1ccccc1C)N1CCN(C(CCC)CCC)C(CC)C1. The molecule has 34 heavy (non-hydrogen) atoms. The lowest BCUT2D eigenvalue weighted by Crippen LogP contribution is -2.58. The molecule has 5 heteroatoms. The standard InChI is InChI=1S/C29H47N5/c1-9-14-27(15-10-2)34-19-18-33(21-26(34)11-3)29(25(7)30-8)31-20-23(5)24(6)32-28-17-13-12-16-22(28)4/h12-13,16-17,20,26-27,30,32H,6-7,9-11,14-15,18-19,21H2,1-5,8H3/b23-20+,31-29?. The third-order valence-electron chi connectivity index (χ3n) is 6.87. The topological polar surface area (TPSA) is 42.9 Å². The average molecular weight is 466 g/mol. The van der Waals surface area contributed by atoms with E-state index in [0.717, 1.165) is 54.5 Å². The van der Waals surface area contributed by atoms with Crippen LogP contribution in [0.2, 0.25) is 0 Å². The van der Waals surface area contributed by atoms with Gasteiger partial charge in [0, 0.05) is 56.4 Å². The maximum absolute atomic E-state index is 4.91. The molecule has 0 aromatic heterocycles. The van der Waals surface area contributed by atoms with Crippen molar-refractivity contribution in [2.24, 2.45) is 4.99 Å². The normalized spacial score (nSPS) is 17.7. The monoisotopic (exact) mass is 465 g/mol. The Labute approximate surface area is 208 Å². The van der Waals surface area contributed by atoms with Crippen LogP contribution in [0.3, 0.4) is 0 Å². The van der Waals surface area contributed by atoms with Gasteiger partial charge in [-0.1, -0.05) is 65.0 Å². The van der Waals surface area contributed by atoms with Crippen molar-refractivity contribution < 1.29 is 0 Å². The van der Waals surface area contributed by atoms with Crippen LogP contribution < -0.4 is 10.6 Å². The van der Waals surface area contributed by atoms with Crippen molar-refractivity contribution in [1.82, 2.24) is 15.1 Å². The number of allylic oxidation sites excluding steroid dienone is 1. The number of rotatable bonds is 12. The quantitative estimate of drug-likeness (QED) is 0.215. The van der Waals surface area contributed by atoms with E-state index >= 15 is 0 Å². The number of nitrogens with zero attached hydrogens (tertiary/aromatic N) is 3. The van der Waals surface area contributed by atoms with Crippen LogP contribution in [0.1, 0.15) is 65.4 Å². The molecule has 1 fully saturated rings. The van der Waals surface area contributed by atoms with Gasteiger partial charge in [0.1, 0.15) is 0 Å². The highest BCUT2D eigenvalue weighted by molar-refractivity contribution is 5.97. The average Bonchev–Trinajstić information content (AvgIpc) is 2.84. The molecule has 0 bridgehead atoms. The molecular weight excluding hydrogens is 418 g/mol. The molecule has 1 aromatic rings. The molecule has 0 aliphatic carbocycles. The first-order chi connectivity index (χ1) is 16.4. The van der Waals surface area contributed by atoms with Gasteiger partial charge in [-0.3, -0.25) is 4.90 Å². The molecule has 1 atom stereocenters. The van der Waals surface area contributed by atoms with E-state index in [1.54, 1.807) is 0 Å². The summed E-state index contributed by atoms with van der Waals surface area (Å²) in [5.74, 6) is 0.922. The zero-order chi connectivity index (χ0) is 25.1. The summed E-state index contributed by atoms with van der Waals surface area (Å²) in [6.07, 6.45) is 8.12. The summed E-state index contributed by atoms with van der Waals surface area (Å²) < 4.78 is 0. The molecule has 5 nitrogen and oxygen atoms in total. The van der Waals surface area contributed by atoms with E-state index in [1.807, 2.05) is 32.3 Å². The molecule has 1 aliphatic heterocycles. The summed E-state index contributed by atoms with van der Waals surface area (Å²) in [7, 11) is 1.92. The summed E-state index contributed by atoms with van der Waals surface area (Å²) in [6.45, 7) is 22.6. The Morgan fingerprint density at radius 1 is 1.12 bits per heavy atom. The maximum atomic E-state index is 4.91. The Hall–Kier alpha value is -2.53. The Kier molecular flexibility index (Phi) is 11.4. The summed E-state index contributed by atoms with van der Waals surface area (Å²) in [4.78, 5) is 10.1. The van der Waals surface area contributed by atoms with Gasteiger partial charge in [-0.05, 0) is 50.3 Å². The Morgan fingerprint density at radius 2 is 1.79 bits per heavy atom. The maximum Gasteiger partial charge on any atom is 0.151 e. The second kappa shape index (κ2) is 14.0. The molecule has 188 valence electrons. The Bertz CT molecular complexity index is 863. The van der Waals surface area contributed by atoms with Crippen LogP contribution in [0.15, 0.2) is 65.6 Å². The highest BCUT2D eigenvalue weighted by Crippen LogP contribution is 2.23. The molecule has 1 aromatic carbocycles. The number of aryl methyl sites for hydroxylation is 1. The number of hydrogen-bond acceptors (Lipinski definition) is 4. The molecular formula is C29H47N5. The van der Waals surface area contributed by atoms with E-state index in [0.29, 0.717) is 12.1 Å². The van der Waals surface area contributed by atoms with Crippen LogP contribution in [0.25, 0.3) is 0 Å². The highest BCUT2D eigenvalue weighted by Gasteiger charge is 2.31. The van der Waals surface area contributed by atoms with E-state index in [1.165, 1.54) is 31.2 Å². The zero-order valence-electron chi connectivity index (χ0n) is 22.5. The van der Waals surface area contributed by atoms with Crippen LogP contribution in [-0.2, 0) is 0 Å². The fraction of sp³-hybridized carbons (Fsp3) is 0.552. The summed E-state index contributed by atoms with van der Waals surface area (Å²) in [6, 6.07) is 9.46. The number of piperazine rings is 1. The van der Waals surface area contributed by atoms with Crippen molar-refractivity contribution in [3.05, 3.63) is 66.2 Å². The van der Waals surface area contributed by atoms with Gasteiger partial charge in [-0.25, -0.2) is 4.99 Å². The van der Waals surface area contributed by atoms with Gasteiger partial charge in [-0.15, -0.1) is 0 Å². The lowest BCUT2D eigenvalue weighted by atomic mass is 9.99. The van der Waals surface area contributed by atoms with Crippen LogP contribution in [0.4, 0.5) is 5.69 Å². The largest absolute Gasteiger partial charge is 0.386 e. The number of benzene rings is 1. The first-order valence-electron chi connectivity index (χ1n) is 13.0. The van der Waals surface area contributed by atoms with E-state index in [4.69, 9.17) is 4.99 Å². The fourth-order valence-corrected chi connectivity index (χ4v) is 4.72. The predicted octanol–water partition coefficient (Wildman–Crippen LogP) is 6.32. The van der Waals surface area contributed by atoms with Crippen molar-refractivity contribution in [3.8, 4) is 0 Å². The number of para-hydroxylation sites is 1. The van der Waals surface area contributed by atoms with Gasteiger partial charge >= 0.3 is 0 Å². The number of likely N-dealkylation sites (N-methyl/N-ethyl adjacent to an activating group) is 1. The van der Waals surface area contributed by atoms with Crippen LogP contribution in [0.5, 0.6) is 0 Å². The van der Waals surface area contributed by atoms with Crippen molar-refractivity contribution in [2.75, 3.05) is 32.0 Å².